The fraction of sp³-hybridized carbons (Fsp3) is 0.583. The second kappa shape index (κ2) is 13.5. The van der Waals surface area contributed by atoms with E-state index in [2.05, 4.69) is 52.7 Å². The number of benzene rings is 1. The normalized spacial score (nSPS) is 26.1. The van der Waals surface area contributed by atoms with Crippen LogP contribution in [-0.4, -0.2) is 78.6 Å². The van der Waals surface area contributed by atoms with Gasteiger partial charge < -0.3 is 0 Å². The van der Waals surface area contributed by atoms with Crippen LogP contribution in [0.4, 0.5) is 0 Å². The number of carbonyl (C=O) groups is 2. The number of piperidine rings is 1. The Balaban J connectivity index is 1.11. The van der Waals surface area contributed by atoms with Gasteiger partial charge in [0, 0.05) is 0 Å². The van der Waals surface area contributed by atoms with Crippen molar-refractivity contribution in [2.45, 2.75) is 95.7 Å². The van der Waals surface area contributed by atoms with E-state index in [0.29, 0.717) is 30.7 Å². The molecule has 7 heteroatoms. The van der Waals surface area contributed by atoms with Crippen LogP contribution in [0.1, 0.15) is 106 Å². The monoisotopic (exact) mass is 688 g/mol. The summed E-state index contributed by atoms with van der Waals surface area (Å²) in [6, 6.07) is 7.93. The number of likely N-dealkylation sites (tertiary alicyclic amines) is 1. The fourth-order valence-electron chi connectivity index (χ4n) is 8.25. The first-order chi connectivity index (χ1) is 21.0. The third-order valence-corrected chi connectivity index (χ3v) is 14.8. The number of aliphatic imine (C=N–C) groups is 1. The zero-order valence-electron chi connectivity index (χ0n) is 26.0. The molecule has 2 saturated heterocycles. The molecule has 0 aromatic heterocycles. The van der Waals surface area contributed by atoms with Gasteiger partial charge in [-0.3, -0.25) is 0 Å². The van der Waals surface area contributed by atoms with Crippen molar-refractivity contribution in [1.29, 1.82) is 0 Å². The van der Waals surface area contributed by atoms with Crippen molar-refractivity contribution in [1.82, 2.24) is 15.1 Å². The van der Waals surface area contributed by atoms with Gasteiger partial charge in [-0.25, -0.2) is 0 Å². The standard InChI is InChI=1S/C36H48N4O2.Sn/c1-4-21-39-23-18-36(19-24-39)25-31(36)35(42)38-28(12-8-7-9-13-29(41)6-3)26-37-20-17-27-11-10-14-30-32-15-16-33(34(27)30)40(32)22-5-2;/h4-5,10-11,14,20,28,31-33H,1-2,6-9,12-13,15-16,18-19,21-25H2,3H3,(H,38,42);/t28-,31+,32?,33?;/m0./s1. The second-order valence-electron chi connectivity index (χ2n) is 13.3. The molecule has 4 atom stereocenters. The summed E-state index contributed by atoms with van der Waals surface area (Å²) >= 11 is -1.15. The number of nitrogens with one attached hydrogen (secondary N) is 1. The predicted molar refractivity (Wildman–Crippen MR) is 176 cm³/mol. The van der Waals surface area contributed by atoms with Gasteiger partial charge in [0.05, 0.1) is 0 Å². The van der Waals surface area contributed by atoms with E-state index in [4.69, 9.17) is 4.99 Å². The van der Waals surface area contributed by atoms with Crippen molar-refractivity contribution in [2.24, 2.45) is 16.3 Å². The van der Waals surface area contributed by atoms with Gasteiger partial charge in [0.25, 0.3) is 0 Å². The van der Waals surface area contributed by atoms with Gasteiger partial charge in [-0.2, -0.15) is 0 Å². The van der Waals surface area contributed by atoms with Crippen molar-refractivity contribution in [3.8, 4) is 0 Å². The van der Waals surface area contributed by atoms with Crippen molar-refractivity contribution < 1.29 is 9.59 Å². The molecule has 6 nitrogen and oxygen atoms in total. The van der Waals surface area contributed by atoms with E-state index in [1.807, 2.05) is 19.1 Å². The molecule has 228 valence electrons. The zero-order chi connectivity index (χ0) is 30.0. The molecular formula is C36H48N4O2Sn. The molecular weight excluding hydrogens is 639 g/mol. The Morgan fingerprint density at radius 2 is 1.91 bits per heavy atom. The minimum absolute atomic E-state index is 0.0266. The molecule has 1 amide bonds. The molecule has 3 fully saturated rings. The first-order valence-corrected chi connectivity index (χ1v) is 19.5. The van der Waals surface area contributed by atoms with Crippen LogP contribution in [-0.2, 0) is 9.59 Å². The number of carbonyl (C=O) groups excluding carboxylic acids is 2. The average Bonchev–Trinajstić information content (AvgIpc) is 3.32. The van der Waals surface area contributed by atoms with Gasteiger partial charge in [0.1, 0.15) is 0 Å². The van der Waals surface area contributed by atoms with E-state index >= 15 is 0 Å². The van der Waals surface area contributed by atoms with E-state index in [1.54, 1.807) is 0 Å². The van der Waals surface area contributed by atoms with Crippen LogP contribution < -0.4 is 5.32 Å². The number of nitrogens with zero attached hydrogens (tertiary/aromatic N) is 3. The molecule has 6 rings (SSSR count). The van der Waals surface area contributed by atoms with Gasteiger partial charge in [-0.1, -0.05) is 0 Å². The third kappa shape index (κ3) is 6.39. The molecule has 2 radical (unpaired) electrons. The quantitative estimate of drug-likeness (QED) is 0.136. The van der Waals surface area contributed by atoms with Crippen molar-refractivity contribution in [3.63, 3.8) is 0 Å². The second-order valence-corrected chi connectivity index (χ2v) is 17.1. The van der Waals surface area contributed by atoms with Crippen LogP contribution >= 0.6 is 0 Å². The number of fused-ring (bicyclic) bond motifs is 5. The van der Waals surface area contributed by atoms with Crippen LogP contribution in [0.3, 0.4) is 0 Å². The van der Waals surface area contributed by atoms with E-state index in [0.717, 1.165) is 71.1 Å². The maximum atomic E-state index is 13.7. The van der Waals surface area contributed by atoms with Gasteiger partial charge >= 0.3 is 269 Å². The van der Waals surface area contributed by atoms with Crippen molar-refractivity contribution in [2.75, 3.05) is 26.2 Å². The van der Waals surface area contributed by atoms with E-state index in [9.17, 15) is 9.59 Å². The van der Waals surface area contributed by atoms with Crippen LogP contribution in [0.5, 0.6) is 0 Å². The first kappa shape index (κ1) is 31.0. The van der Waals surface area contributed by atoms with E-state index in [-0.39, 0.29) is 23.3 Å². The predicted octanol–water partition coefficient (Wildman–Crippen LogP) is 6.18. The number of Topliss-reactive ketones (excluding diaryl/α,β-unsaturated/α-hetero) is 1. The topological polar surface area (TPSA) is 65.0 Å². The summed E-state index contributed by atoms with van der Waals surface area (Å²) in [4.78, 5) is 35.7. The minimum atomic E-state index is -1.15. The SMILES string of the molecule is C=CCN1CCC2(CC1)C[C@@H]2C(=O)N[C@@H](CCCCCC(=O)CC)[C]1=NC=[C](c2cccc3c2C2CCC3N2CC=C)[Sn]1. The van der Waals surface area contributed by atoms with Gasteiger partial charge in [0.15, 0.2) is 0 Å². The summed E-state index contributed by atoms with van der Waals surface area (Å²) in [5, 5.41) is 3.54. The summed E-state index contributed by atoms with van der Waals surface area (Å²) < 4.78 is 2.71. The van der Waals surface area contributed by atoms with E-state index in [1.165, 1.54) is 36.8 Å². The zero-order valence-corrected chi connectivity index (χ0v) is 28.8. The molecule has 4 aliphatic heterocycles. The Kier molecular flexibility index (Phi) is 9.75. The Morgan fingerprint density at radius 3 is 2.67 bits per heavy atom. The average molecular weight is 688 g/mol. The molecule has 1 spiro atoms. The molecule has 43 heavy (non-hydrogen) atoms. The number of hydrogen-bond donors (Lipinski definition) is 1. The molecule has 4 heterocycles. The molecule has 1 aliphatic carbocycles. The molecule has 1 N–H and O–H groups in total. The summed E-state index contributed by atoms with van der Waals surface area (Å²) in [5.74, 6) is 0.741. The number of rotatable bonds is 15. The number of hydrogen-bond acceptors (Lipinski definition) is 5. The molecule has 1 aromatic rings. The Labute approximate surface area is 268 Å². The molecule has 2 unspecified atom stereocenters. The number of unbranched alkanes of at least 4 members (excludes halogenated alkanes) is 2. The Morgan fingerprint density at radius 1 is 1.12 bits per heavy atom. The van der Waals surface area contributed by atoms with Crippen LogP contribution in [0.25, 0.3) is 3.59 Å². The Bertz CT molecular complexity index is 1310. The Hall–Kier alpha value is -2.03. The van der Waals surface area contributed by atoms with Gasteiger partial charge in [0.2, 0.25) is 0 Å². The van der Waals surface area contributed by atoms with Crippen molar-refractivity contribution in [3.05, 3.63) is 66.4 Å². The molecule has 1 aromatic carbocycles. The summed E-state index contributed by atoms with van der Waals surface area (Å²) in [7, 11) is 0. The molecule has 1 saturated carbocycles. The maximum absolute atomic E-state index is 13.7. The molecule has 5 aliphatic rings. The third-order valence-electron chi connectivity index (χ3n) is 10.8. The van der Waals surface area contributed by atoms with Crippen LogP contribution in [0.2, 0.25) is 0 Å². The fourth-order valence-corrected chi connectivity index (χ4v) is 11.9. The van der Waals surface area contributed by atoms with E-state index < -0.39 is 21.1 Å². The van der Waals surface area contributed by atoms with Crippen LogP contribution in [0.15, 0.2) is 54.7 Å². The van der Waals surface area contributed by atoms with Gasteiger partial charge in [-0.15, -0.1) is 0 Å². The van der Waals surface area contributed by atoms with Crippen molar-refractivity contribution >= 4 is 40.1 Å². The summed E-state index contributed by atoms with van der Waals surface area (Å²) in [6.07, 6.45) is 17.1. The number of amides is 1. The summed E-state index contributed by atoms with van der Waals surface area (Å²) in [6.45, 7) is 13.9. The van der Waals surface area contributed by atoms with Gasteiger partial charge in [-0.05, 0) is 0 Å². The molecule has 2 bridgehead atoms. The number of ketones is 1. The summed E-state index contributed by atoms with van der Waals surface area (Å²) in [5.41, 5.74) is 4.66. The van der Waals surface area contributed by atoms with Crippen LogP contribution in [0, 0.1) is 11.3 Å². The first-order valence-electron chi connectivity index (χ1n) is 16.7.